The molecule has 0 bridgehead atoms. The maximum Gasteiger partial charge on any atom is 0.238 e. The first-order valence-corrected chi connectivity index (χ1v) is 10.5. The first-order valence-electron chi connectivity index (χ1n) is 8.84. The molecule has 27 heavy (non-hydrogen) atoms. The maximum atomic E-state index is 12.2. The fourth-order valence-corrected chi connectivity index (χ4v) is 4.11. The number of nitrogens with zero attached hydrogens (tertiary/aromatic N) is 1. The minimum absolute atomic E-state index is 0.0409. The molecule has 1 heterocycles. The zero-order valence-corrected chi connectivity index (χ0v) is 17.3. The largest absolute Gasteiger partial charge is 0.369 e. The third-order valence-electron chi connectivity index (χ3n) is 4.54. The van der Waals surface area contributed by atoms with Crippen LogP contribution in [0.3, 0.4) is 0 Å². The molecule has 7 heteroatoms. The Morgan fingerprint density at radius 1 is 1.04 bits per heavy atom. The number of hydrogen-bond acceptors (Lipinski definition) is 4. The standard InChI is InChI=1S/C20H22BrN3O2S/c21-15-1-5-17(6-2-15)27-18-7-3-16(4-8-18)23-19(25)13-24-11-9-14(10-12-24)20(22)26/h1-8,14H,9-13H2,(H2,22,26)(H,23,25). The summed E-state index contributed by atoms with van der Waals surface area (Å²) in [5.74, 6) is -0.332. The molecule has 2 amide bonds. The lowest BCUT2D eigenvalue weighted by molar-refractivity contribution is -0.123. The molecule has 1 fully saturated rings. The van der Waals surface area contributed by atoms with E-state index in [9.17, 15) is 9.59 Å². The molecule has 0 aromatic heterocycles. The molecule has 0 radical (unpaired) electrons. The Kier molecular flexibility index (Phi) is 6.93. The fourth-order valence-electron chi connectivity index (χ4n) is 3.02. The van der Waals surface area contributed by atoms with Gasteiger partial charge in [-0.05, 0) is 74.5 Å². The van der Waals surface area contributed by atoms with Crippen LogP contribution in [-0.2, 0) is 9.59 Å². The van der Waals surface area contributed by atoms with E-state index in [1.807, 2.05) is 36.4 Å². The van der Waals surface area contributed by atoms with Crippen molar-refractivity contribution in [1.29, 1.82) is 0 Å². The van der Waals surface area contributed by atoms with Crippen molar-refractivity contribution in [3.05, 3.63) is 53.0 Å². The van der Waals surface area contributed by atoms with Crippen molar-refractivity contribution in [2.45, 2.75) is 22.6 Å². The molecule has 1 aliphatic rings. The number of carbonyl (C=O) groups excluding carboxylic acids is 2. The summed E-state index contributed by atoms with van der Waals surface area (Å²) in [6, 6.07) is 16.0. The Labute approximate surface area is 171 Å². The second kappa shape index (κ2) is 9.39. The van der Waals surface area contributed by atoms with Gasteiger partial charge in [0.2, 0.25) is 11.8 Å². The molecule has 3 rings (SSSR count). The lowest BCUT2D eigenvalue weighted by Gasteiger charge is -2.29. The van der Waals surface area contributed by atoms with Crippen LogP contribution >= 0.6 is 27.7 Å². The number of piperidine rings is 1. The molecular weight excluding hydrogens is 426 g/mol. The van der Waals surface area contributed by atoms with Crippen molar-refractivity contribution in [2.24, 2.45) is 11.7 Å². The highest BCUT2D eigenvalue weighted by Gasteiger charge is 2.24. The number of halogens is 1. The third-order valence-corrected chi connectivity index (χ3v) is 6.09. The molecular formula is C20H22BrN3O2S. The fraction of sp³-hybridized carbons (Fsp3) is 0.300. The third kappa shape index (κ3) is 6.09. The average molecular weight is 448 g/mol. The van der Waals surface area contributed by atoms with Crippen LogP contribution in [-0.4, -0.2) is 36.3 Å². The first kappa shape index (κ1) is 19.9. The van der Waals surface area contributed by atoms with E-state index >= 15 is 0 Å². The minimum atomic E-state index is -0.236. The van der Waals surface area contributed by atoms with Gasteiger partial charge in [0.25, 0.3) is 0 Å². The van der Waals surface area contributed by atoms with E-state index in [2.05, 4.69) is 38.3 Å². The molecule has 5 nitrogen and oxygen atoms in total. The number of nitrogens with two attached hydrogens (primary N) is 1. The van der Waals surface area contributed by atoms with Crippen LogP contribution in [0.5, 0.6) is 0 Å². The molecule has 1 saturated heterocycles. The molecule has 0 spiro atoms. The Morgan fingerprint density at radius 2 is 1.59 bits per heavy atom. The number of amides is 2. The van der Waals surface area contributed by atoms with E-state index < -0.39 is 0 Å². The van der Waals surface area contributed by atoms with Gasteiger partial charge in [-0.15, -0.1) is 0 Å². The van der Waals surface area contributed by atoms with E-state index in [1.165, 1.54) is 0 Å². The topological polar surface area (TPSA) is 75.4 Å². The molecule has 0 atom stereocenters. The molecule has 3 N–H and O–H groups in total. The monoisotopic (exact) mass is 447 g/mol. The van der Waals surface area contributed by atoms with Gasteiger partial charge in [0, 0.05) is 25.9 Å². The number of likely N-dealkylation sites (tertiary alicyclic amines) is 1. The van der Waals surface area contributed by atoms with E-state index in [0.717, 1.165) is 45.9 Å². The summed E-state index contributed by atoms with van der Waals surface area (Å²) in [4.78, 5) is 27.8. The number of benzene rings is 2. The van der Waals surface area contributed by atoms with E-state index in [0.29, 0.717) is 6.54 Å². The summed E-state index contributed by atoms with van der Waals surface area (Å²) in [5.41, 5.74) is 6.13. The van der Waals surface area contributed by atoms with Crippen molar-refractivity contribution < 1.29 is 9.59 Å². The predicted octanol–water partition coefficient (Wildman–Crippen LogP) is 3.74. The van der Waals surface area contributed by atoms with Gasteiger partial charge >= 0.3 is 0 Å². The SMILES string of the molecule is NC(=O)C1CCN(CC(=O)Nc2ccc(Sc3ccc(Br)cc3)cc2)CC1. The molecule has 2 aromatic carbocycles. The van der Waals surface area contributed by atoms with Crippen molar-refractivity contribution in [3.8, 4) is 0 Å². The van der Waals surface area contributed by atoms with Gasteiger partial charge in [-0.1, -0.05) is 27.7 Å². The number of nitrogens with one attached hydrogen (secondary N) is 1. The Hall–Kier alpha value is -1.83. The molecule has 0 saturated carbocycles. The normalized spacial score (nSPS) is 15.4. The highest BCUT2D eigenvalue weighted by atomic mass is 79.9. The summed E-state index contributed by atoms with van der Waals surface area (Å²) >= 11 is 5.11. The molecule has 1 aliphatic heterocycles. The Bertz CT molecular complexity index is 788. The summed E-state index contributed by atoms with van der Waals surface area (Å²) in [7, 11) is 0. The van der Waals surface area contributed by atoms with E-state index in [-0.39, 0.29) is 17.7 Å². The van der Waals surface area contributed by atoms with Crippen molar-refractivity contribution in [1.82, 2.24) is 4.90 Å². The van der Waals surface area contributed by atoms with Gasteiger partial charge in [-0.25, -0.2) is 0 Å². The second-order valence-corrected chi connectivity index (χ2v) is 8.64. The lowest BCUT2D eigenvalue weighted by atomic mass is 9.96. The number of carbonyl (C=O) groups is 2. The van der Waals surface area contributed by atoms with Crippen LogP contribution < -0.4 is 11.1 Å². The van der Waals surface area contributed by atoms with Gasteiger partial charge in [0.05, 0.1) is 6.54 Å². The highest BCUT2D eigenvalue weighted by molar-refractivity contribution is 9.10. The molecule has 0 unspecified atom stereocenters. The van der Waals surface area contributed by atoms with Crippen LogP contribution in [0, 0.1) is 5.92 Å². The number of primary amides is 1. The van der Waals surface area contributed by atoms with Crippen LogP contribution in [0.2, 0.25) is 0 Å². The summed E-state index contributed by atoms with van der Waals surface area (Å²) in [5, 5.41) is 2.93. The van der Waals surface area contributed by atoms with Gasteiger partial charge < -0.3 is 11.1 Å². The Balaban J connectivity index is 1.47. The van der Waals surface area contributed by atoms with Gasteiger partial charge in [0.15, 0.2) is 0 Å². The van der Waals surface area contributed by atoms with Crippen LogP contribution in [0.1, 0.15) is 12.8 Å². The van der Waals surface area contributed by atoms with Crippen LogP contribution in [0.15, 0.2) is 62.8 Å². The van der Waals surface area contributed by atoms with E-state index in [1.54, 1.807) is 11.8 Å². The second-order valence-electron chi connectivity index (χ2n) is 6.58. The first-order chi connectivity index (χ1) is 13.0. The van der Waals surface area contributed by atoms with E-state index in [4.69, 9.17) is 5.73 Å². The number of rotatable bonds is 6. The summed E-state index contributed by atoms with van der Waals surface area (Å²) < 4.78 is 1.06. The van der Waals surface area contributed by atoms with Crippen LogP contribution in [0.25, 0.3) is 0 Å². The average Bonchev–Trinajstić information content (AvgIpc) is 2.65. The van der Waals surface area contributed by atoms with Gasteiger partial charge in [-0.3, -0.25) is 14.5 Å². The Morgan fingerprint density at radius 3 is 2.15 bits per heavy atom. The minimum Gasteiger partial charge on any atom is -0.369 e. The smallest absolute Gasteiger partial charge is 0.238 e. The van der Waals surface area contributed by atoms with Gasteiger partial charge in [-0.2, -0.15) is 0 Å². The molecule has 0 aliphatic carbocycles. The number of anilines is 1. The maximum absolute atomic E-state index is 12.2. The summed E-state index contributed by atoms with van der Waals surface area (Å²) in [6.45, 7) is 1.79. The highest BCUT2D eigenvalue weighted by Crippen LogP contribution is 2.29. The molecule has 2 aromatic rings. The summed E-state index contributed by atoms with van der Waals surface area (Å²) in [6.07, 6.45) is 1.45. The quantitative estimate of drug-likeness (QED) is 0.706. The zero-order valence-electron chi connectivity index (χ0n) is 14.9. The zero-order chi connectivity index (χ0) is 19.2. The van der Waals surface area contributed by atoms with Crippen molar-refractivity contribution >= 4 is 45.2 Å². The van der Waals surface area contributed by atoms with Crippen molar-refractivity contribution in [3.63, 3.8) is 0 Å². The van der Waals surface area contributed by atoms with Gasteiger partial charge in [0.1, 0.15) is 0 Å². The predicted molar refractivity (Wildman–Crippen MR) is 112 cm³/mol. The number of hydrogen-bond donors (Lipinski definition) is 2. The molecule has 142 valence electrons. The van der Waals surface area contributed by atoms with Crippen LogP contribution in [0.4, 0.5) is 5.69 Å². The lowest BCUT2D eigenvalue weighted by Crippen LogP contribution is -2.42. The van der Waals surface area contributed by atoms with Crippen molar-refractivity contribution in [2.75, 3.05) is 25.0 Å².